The molecule has 0 fully saturated rings. The number of benzene rings is 1. The van der Waals surface area contributed by atoms with E-state index in [1.807, 2.05) is 28.4 Å². The number of hydrogen-bond acceptors (Lipinski definition) is 2. The summed E-state index contributed by atoms with van der Waals surface area (Å²) in [5, 5.41) is 4.44. The van der Waals surface area contributed by atoms with E-state index in [2.05, 4.69) is 54.2 Å². The van der Waals surface area contributed by atoms with E-state index >= 15 is 0 Å². The van der Waals surface area contributed by atoms with Gasteiger partial charge in [-0.1, -0.05) is 19.1 Å². The highest BCUT2D eigenvalue weighted by molar-refractivity contribution is 7.15. The van der Waals surface area contributed by atoms with Gasteiger partial charge < -0.3 is 14.8 Å². The largest absolute Gasteiger partial charge is 0.322 e. The average molecular weight is 406 g/mol. The van der Waals surface area contributed by atoms with Crippen LogP contribution in [0.2, 0.25) is 0 Å². The second-order valence-electron chi connectivity index (χ2n) is 8.08. The van der Waals surface area contributed by atoms with E-state index in [0.29, 0.717) is 6.54 Å². The summed E-state index contributed by atoms with van der Waals surface area (Å²) in [6.45, 7) is 4.94. The zero-order valence-corrected chi connectivity index (χ0v) is 17.9. The van der Waals surface area contributed by atoms with Crippen LogP contribution in [0.15, 0.2) is 42.6 Å². The lowest BCUT2D eigenvalue weighted by molar-refractivity contribution is 0.189. The van der Waals surface area contributed by atoms with Gasteiger partial charge in [-0.3, -0.25) is 0 Å². The van der Waals surface area contributed by atoms with Crippen molar-refractivity contribution in [3.05, 3.63) is 69.9 Å². The number of aromatic nitrogens is 1. The molecular weight excluding hydrogens is 378 g/mol. The van der Waals surface area contributed by atoms with Crippen molar-refractivity contribution in [3.8, 4) is 5.00 Å². The fourth-order valence-corrected chi connectivity index (χ4v) is 6.03. The van der Waals surface area contributed by atoms with Crippen LogP contribution in [0, 0.1) is 0 Å². The molecule has 0 radical (unpaired) electrons. The van der Waals surface area contributed by atoms with Crippen LogP contribution in [0.4, 0.5) is 10.5 Å². The number of rotatable bonds is 2. The molecule has 5 rings (SSSR count). The number of nitrogens with zero attached hydrogens (tertiary/aromatic N) is 2. The first kappa shape index (κ1) is 18.5. The Bertz CT molecular complexity index is 1050. The molecule has 1 aromatic carbocycles. The molecule has 0 saturated heterocycles. The Labute approximate surface area is 176 Å². The van der Waals surface area contributed by atoms with Crippen molar-refractivity contribution in [1.82, 2.24) is 9.47 Å². The van der Waals surface area contributed by atoms with E-state index in [-0.39, 0.29) is 12.1 Å². The molecule has 1 N–H and O–H groups in total. The monoisotopic (exact) mass is 405 g/mol. The molecule has 5 heteroatoms. The number of carbonyl (C=O) groups is 1. The van der Waals surface area contributed by atoms with Crippen molar-refractivity contribution in [2.45, 2.75) is 58.5 Å². The van der Waals surface area contributed by atoms with Gasteiger partial charge >= 0.3 is 6.03 Å². The fourth-order valence-electron chi connectivity index (χ4n) is 4.63. The quantitative estimate of drug-likeness (QED) is 0.550. The third-order valence-corrected chi connectivity index (χ3v) is 7.69. The van der Waals surface area contributed by atoms with E-state index in [4.69, 9.17) is 0 Å². The molecule has 2 aromatic heterocycles. The smallest absolute Gasteiger partial charge is 0.312 e. The molecule has 2 amide bonds. The van der Waals surface area contributed by atoms with Gasteiger partial charge in [0, 0.05) is 28.0 Å². The van der Waals surface area contributed by atoms with Gasteiger partial charge in [-0.25, -0.2) is 4.79 Å². The lowest BCUT2D eigenvalue weighted by atomic mass is 9.95. The summed E-state index contributed by atoms with van der Waals surface area (Å²) in [6, 6.07) is 12.4. The molecule has 0 bridgehead atoms. The van der Waals surface area contributed by atoms with Crippen LogP contribution >= 0.6 is 11.3 Å². The van der Waals surface area contributed by atoms with Gasteiger partial charge in [0.25, 0.3) is 0 Å². The highest BCUT2D eigenvalue weighted by Gasteiger charge is 2.32. The van der Waals surface area contributed by atoms with E-state index in [1.165, 1.54) is 51.5 Å². The minimum Gasteiger partial charge on any atom is -0.312 e. The molecule has 1 atom stereocenters. The van der Waals surface area contributed by atoms with Crippen LogP contribution in [-0.4, -0.2) is 15.5 Å². The molecule has 0 spiro atoms. The van der Waals surface area contributed by atoms with Crippen molar-refractivity contribution in [1.29, 1.82) is 0 Å². The van der Waals surface area contributed by atoms with Crippen molar-refractivity contribution in [2.75, 3.05) is 5.32 Å². The number of anilines is 1. The van der Waals surface area contributed by atoms with E-state index in [9.17, 15) is 4.79 Å². The van der Waals surface area contributed by atoms with Crippen molar-refractivity contribution in [2.24, 2.45) is 0 Å². The molecule has 3 heterocycles. The first-order valence-electron chi connectivity index (χ1n) is 10.6. The van der Waals surface area contributed by atoms with Crippen LogP contribution in [0.1, 0.15) is 60.0 Å². The number of amides is 2. The second kappa shape index (κ2) is 7.38. The van der Waals surface area contributed by atoms with Gasteiger partial charge in [0.1, 0.15) is 5.00 Å². The summed E-state index contributed by atoms with van der Waals surface area (Å²) in [6.07, 6.45) is 7.99. The van der Waals surface area contributed by atoms with Gasteiger partial charge in [0.05, 0.1) is 12.6 Å². The molecule has 1 unspecified atom stereocenters. The second-order valence-corrected chi connectivity index (χ2v) is 9.17. The Balaban J connectivity index is 1.50. The predicted octanol–water partition coefficient (Wildman–Crippen LogP) is 6.09. The van der Waals surface area contributed by atoms with Gasteiger partial charge in [0.2, 0.25) is 0 Å². The van der Waals surface area contributed by atoms with Gasteiger partial charge in [0.15, 0.2) is 0 Å². The number of hydrogen-bond donors (Lipinski definition) is 1. The first-order valence-corrected chi connectivity index (χ1v) is 11.4. The number of aryl methyl sites for hydroxylation is 2. The van der Waals surface area contributed by atoms with Gasteiger partial charge in [-0.15, -0.1) is 11.3 Å². The summed E-state index contributed by atoms with van der Waals surface area (Å²) in [4.78, 5) is 16.8. The standard InChI is InChI=1S/C24H27N3OS/c1-3-17-10-12-18(13-11-17)25-24(28)27-15-20-19-7-4-5-9-22(19)29-23(20)26-14-6-8-21(26)16(27)2/h6,8,10-14,16H,3-5,7,9,15H2,1-2H3,(H,25,28). The van der Waals surface area contributed by atoms with Crippen LogP contribution in [0.25, 0.3) is 5.00 Å². The minimum atomic E-state index is -0.0295. The zero-order valence-electron chi connectivity index (χ0n) is 17.1. The van der Waals surface area contributed by atoms with E-state index in [0.717, 1.165) is 18.5 Å². The van der Waals surface area contributed by atoms with E-state index < -0.39 is 0 Å². The van der Waals surface area contributed by atoms with Gasteiger partial charge in [-0.05, 0) is 74.4 Å². The molecule has 0 saturated carbocycles. The molecule has 29 heavy (non-hydrogen) atoms. The first-order chi connectivity index (χ1) is 14.2. The van der Waals surface area contributed by atoms with Crippen LogP contribution in [0.5, 0.6) is 0 Å². The molecular formula is C24H27N3OS. The fraction of sp³-hybridized carbons (Fsp3) is 0.375. The third kappa shape index (κ3) is 3.18. The topological polar surface area (TPSA) is 37.3 Å². The summed E-state index contributed by atoms with van der Waals surface area (Å²) in [5.41, 5.74) is 6.15. The van der Waals surface area contributed by atoms with Crippen LogP contribution < -0.4 is 5.32 Å². The Morgan fingerprint density at radius 3 is 2.72 bits per heavy atom. The lowest BCUT2D eigenvalue weighted by Crippen LogP contribution is -2.36. The maximum absolute atomic E-state index is 13.3. The summed E-state index contributed by atoms with van der Waals surface area (Å²) < 4.78 is 2.31. The SMILES string of the molecule is CCc1ccc(NC(=O)N2Cc3c(sc4c3CCCC4)-n3cccc3C2C)cc1. The molecule has 150 valence electrons. The number of nitrogens with one attached hydrogen (secondary N) is 1. The predicted molar refractivity (Wildman–Crippen MR) is 119 cm³/mol. The molecule has 4 nitrogen and oxygen atoms in total. The average Bonchev–Trinajstić information content (AvgIpc) is 3.34. The normalized spacial score (nSPS) is 17.9. The summed E-state index contributed by atoms with van der Waals surface area (Å²) in [5.74, 6) is 0. The number of urea groups is 1. The third-order valence-electron chi connectivity index (χ3n) is 6.36. The van der Waals surface area contributed by atoms with E-state index in [1.54, 1.807) is 0 Å². The summed E-state index contributed by atoms with van der Waals surface area (Å²) >= 11 is 1.93. The van der Waals surface area contributed by atoms with Crippen molar-refractivity contribution < 1.29 is 4.79 Å². The Kier molecular flexibility index (Phi) is 4.70. The highest BCUT2D eigenvalue weighted by Crippen LogP contribution is 2.42. The molecule has 3 aromatic rings. The maximum Gasteiger partial charge on any atom is 0.322 e. The summed E-state index contributed by atoms with van der Waals surface area (Å²) in [7, 11) is 0. The number of fused-ring (bicyclic) bond motifs is 5. The Morgan fingerprint density at radius 2 is 1.93 bits per heavy atom. The lowest BCUT2D eigenvalue weighted by Gasteiger charge is -2.28. The van der Waals surface area contributed by atoms with Crippen molar-refractivity contribution >= 4 is 23.1 Å². The maximum atomic E-state index is 13.3. The van der Waals surface area contributed by atoms with Crippen LogP contribution in [-0.2, 0) is 25.8 Å². The molecule has 1 aliphatic heterocycles. The minimum absolute atomic E-state index is 0.0127. The Morgan fingerprint density at radius 1 is 1.14 bits per heavy atom. The van der Waals surface area contributed by atoms with Crippen LogP contribution in [0.3, 0.4) is 0 Å². The molecule has 1 aliphatic carbocycles. The highest BCUT2D eigenvalue weighted by atomic mass is 32.1. The van der Waals surface area contributed by atoms with Gasteiger partial charge in [-0.2, -0.15) is 0 Å². The number of carbonyl (C=O) groups excluding carboxylic acids is 1. The van der Waals surface area contributed by atoms with Crippen molar-refractivity contribution in [3.63, 3.8) is 0 Å². The molecule has 2 aliphatic rings. The Hall–Kier alpha value is -2.53. The number of thiophene rings is 1. The zero-order chi connectivity index (χ0) is 20.0.